The zero-order chi connectivity index (χ0) is 48.0. The molecular formula is C57H99NO8. The summed E-state index contributed by atoms with van der Waals surface area (Å²) >= 11 is 0. The molecule has 9 heteroatoms. The summed E-state index contributed by atoms with van der Waals surface area (Å²) in [5.41, 5.74) is 0. The Kier molecular flexibility index (Phi) is 42.9. The van der Waals surface area contributed by atoms with Gasteiger partial charge in [-0.3, -0.25) is 4.79 Å². The summed E-state index contributed by atoms with van der Waals surface area (Å²) in [4.78, 5) is 12.9. The lowest BCUT2D eigenvalue weighted by Crippen LogP contribution is -2.60. The van der Waals surface area contributed by atoms with E-state index in [0.29, 0.717) is 6.42 Å². The highest BCUT2D eigenvalue weighted by Gasteiger charge is 2.44. The van der Waals surface area contributed by atoms with Crippen LogP contribution in [0.1, 0.15) is 213 Å². The predicted octanol–water partition coefficient (Wildman–Crippen LogP) is 12.7. The van der Waals surface area contributed by atoms with Gasteiger partial charge < -0.3 is 40.3 Å². The van der Waals surface area contributed by atoms with Crippen molar-refractivity contribution in [2.45, 2.75) is 256 Å². The average molecular weight is 926 g/mol. The van der Waals surface area contributed by atoms with E-state index in [9.17, 15) is 30.3 Å². The maximum Gasteiger partial charge on any atom is 0.220 e. The van der Waals surface area contributed by atoms with Gasteiger partial charge in [-0.1, -0.05) is 221 Å². The molecule has 380 valence electrons. The van der Waals surface area contributed by atoms with E-state index in [0.717, 1.165) is 83.5 Å². The SMILES string of the molecule is CC/C=C\C/C=C\C/C=C\C/C=C\C/C=C\CCCCCCCCCCCCCCCCCCCCCC(=O)NC(COC1OC(CO)C(O)C(O)C1O)C(O)/C=C/CC/C=C/CCCC. The van der Waals surface area contributed by atoms with Crippen molar-refractivity contribution in [1.82, 2.24) is 5.32 Å². The monoisotopic (exact) mass is 926 g/mol. The smallest absolute Gasteiger partial charge is 0.220 e. The topological polar surface area (TPSA) is 149 Å². The van der Waals surface area contributed by atoms with Crippen molar-refractivity contribution in [3.05, 3.63) is 85.1 Å². The van der Waals surface area contributed by atoms with Gasteiger partial charge in [0.25, 0.3) is 0 Å². The first kappa shape index (κ1) is 61.4. The van der Waals surface area contributed by atoms with Gasteiger partial charge in [0.05, 0.1) is 25.4 Å². The van der Waals surface area contributed by atoms with Crippen molar-refractivity contribution in [2.75, 3.05) is 13.2 Å². The van der Waals surface area contributed by atoms with Crippen molar-refractivity contribution in [2.24, 2.45) is 0 Å². The van der Waals surface area contributed by atoms with E-state index < -0.39 is 49.5 Å². The Hall–Kier alpha value is -2.63. The number of nitrogens with one attached hydrogen (secondary N) is 1. The van der Waals surface area contributed by atoms with Gasteiger partial charge in [0.1, 0.15) is 24.4 Å². The molecule has 0 saturated carbocycles. The quantitative estimate of drug-likeness (QED) is 0.0261. The van der Waals surface area contributed by atoms with Crippen LogP contribution in [0.3, 0.4) is 0 Å². The number of carbonyl (C=O) groups excluding carboxylic acids is 1. The summed E-state index contributed by atoms with van der Waals surface area (Å²) < 4.78 is 11.2. The number of aliphatic hydroxyl groups is 5. The Morgan fingerprint density at radius 1 is 0.530 bits per heavy atom. The van der Waals surface area contributed by atoms with Crippen LogP contribution in [0, 0.1) is 0 Å². The van der Waals surface area contributed by atoms with Gasteiger partial charge in [-0.05, 0) is 70.6 Å². The Labute approximate surface area is 403 Å². The van der Waals surface area contributed by atoms with Crippen LogP contribution in [0.4, 0.5) is 0 Å². The van der Waals surface area contributed by atoms with Crippen LogP contribution in [0.15, 0.2) is 85.1 Å². The van der Waals surface area contributed by atoms with E-state index in [1.165, 1.54) is 109 Å². The Balaban J connectivity index is 2.06. The molecule has 0 aromatic heterocycles. The fraction of sp³-hybridized carbons (Fsp3) is 0.737. The van der Waals surface area contributed by atoms with Crippen LogP contribution < -0.4 is 5.32 Å². The average Bonchev–Trinajstić information content (AvgIpc) is 3.32. The van der Waals surface area contributed by atoms with Gasteiger partial charge in [0.2, 0.25) is 5.91 Å². The molecule has 1 heterocycles. The number of amides is 1. The Bertz CT molecular complexity index is 1300. The van der Waals surface area contributed by atoms with E-state index in [4.69, 9.17) is 9.47 Å². The second kappa shape index (κ2) is 46.1. The van der Waals surface area contributed by atoms with Gasteiger partial charge in [-0.2, -0.15) is 0 Å². The maximum absolute atomic E-state index is 12.9. The standard InChI is InChI=1S/C57H99NO8/c1-3-5-7-9-11-13-14-15-16-17-18-19-20-21-22-23-24-25-26-27-28-29-30-31-32-33-34-35-36-37-38-39-41-43-45-47-53(61)58-50(51(60)46-44-42-40-12-10-8-6-4-2)49-65-57-56(64)55(63)54(62)52(48-59)66-57/h5,7,10-13,15-16,18-19,21-22,44,46,50-52,54-57,59-60,62-64H,3-4,6,8-9,14,17,20,23-43,45,47-49H2,1-2H3,(H,58,61)/b7-5-,12-10+,13-11-,16-15-,19-18-,22-21-,46-44+. The summed E-state index contributed by atoms with van der Waals surface area (Å²) in [6.07, 6.45) is 58.3. The molecule has 6 N–H and O–H groups in total. The first-order chi connectivity index (χ1) is 32.3. The summed E-state index contributed by atoms with van der Waals surface area (Å²) in [6, 6.07) is -0.821. The molecule has 0 aliphatic carbocycles. The largest absolute Gasteiger partial charge is 0.394 e. The number of hydrogen-bond acceptors (Lipinski definition) is 8. The van der Waals surface area contributed by atoms with Gasteiger partial charge in [-0.25, -0.2) is 0 Å². The fourth-order valence-corrected chi connectivity index (χ4v) is 7.95. The van der Waals surface area contributed by atoms with E-state index in [2.05, 4.69) is 92.1 Å². The van der Waals surface area contributed by atoms with Gasteiger partial charge in [-0.15, -0.1) is 0 Å². The van der Waals surface area contributed by atoms with Crippen molar-refractivity contribution < 1.29 is 39.8 Å². The van der Waals surface area contributed by atoms with E-state index >= 15 is 0 Å². The third kappa shape index (κ3) is 35.5. The second-order valence-corrected chi connectivity index (χ2v) is 18.3. The first-order valence-corrected chi connectivity index (χ1v) is 26.8. The number of carbonyl (C=O) groups is 1. The zero-order valence-electron chi connectivity index (χ0n) is 41.9. The molecule has 0 radical (unpaired) electrons. The Morgan fingerprint density at radius 3 is 1.45 bits per heavy atom. The highest BCUT2D eigenvalue weighted by molar-refractivity contribution is 5.76. The molecule has 1 amide bonds. The summed E-state index contributed by atoms with van der Waals surface area (Å²) in [5, 5.41) is 54.0. The van der Waals surface area contributed by atoms with Crippen LogP contribution in [0.25, 0.3) is 0 Å². The molecular weight excluding hydrogens is 827 g/mol. The molecule has 1 aliphatic rings. The minimum absolute atomic E-state index is 0.192. The lowest BCUT2D eigenvalue weighted by molar-refractivity contribution is -0.302. The normalized spacial score (nSPS) is 20.5. The van der Waals surface area contributed by atoms with E-state index in [1.807, 2.05) is 6.08 Å². The van der Waals surface area contributed by atoms with Crippen molar-refractivity contribution in [3.63, 3.8) is 0 Å². The minimum Gasteiger partial charge on any atom is -0.394 e. The fourth-order valence-electron chi connectivity index (χ4n) is 7.95. The maximum atomic E-state index is 12.9. The molecule has 7 atom stereocenters. The number of hydrogen-bond donors (Lipinski definition) is 6. The number of unbranched alkanes of at least 4 members (excludes halogenated alkanes) is 22. The van der Waals surface area contributed by atoms with E-state index in [1.54, 1.807) is 6.08 Å². The molecule has 0 spiro atoms. The molecule has 1 saturated heterocycles. The first-order valence-electron chi connectivity index (χ1n) is 26.8. The highest BCUT2D eigenvalue weighted by Crippen LogP contribution is 2.23. The lowest BCUT2D eigenvalue weighted by atomic mass is 9.99. The third-order valence-corrected chi connectivity index (χ3v) is 12.2. The van der Waals surface area contributed by atoms with Crippen molar-refractivity contribution in [1.29, 1.82) is 0 Å². The molecule has 9 nitrogen and oxygen atoms in total. The number of ether oxygens (including phenoxy) is 2. The van der Waals surface area contributed by atoms with Gasteiger partial charge in [0.15, 0.2) is 6.29 Å². The molecule has 66 heavy (non-hydrogen) atoms. The van der Waals surface area contributed by atoms with E-state index in [-0.39, 0.29) is 12.5 Å². The van der Waals surface area contributed by atoms with Crippen molar-refractivity contribution >= 4 is 5.91 Å². The van der Waals surface area contributed by atoms with Crippen LogP contribution in [0.2, 0.25) is 0 Å². The van der Waals surface area contributed by atoms with Gasteiger partial charge in [0, 0.05) is 6.42 Å². The summed E-state index contributed by atoms with van der Waals surface area (Å²) in [6.45, 7) is 3.56. The number of rotatable bonds is 44. The molecule has 0 bridgehead atoms. The molecule has 0 aromatic rings. The number of allylic oxidation sites excluding steroid dienone is 13. The molecule has 1 aliphatic heterocycles. The molecule has 7 unspecified atom stereocenters. The van der Waals surface area contributed by atoms with Crippen molar-refractivity contribution in [3.8, 4) is 0 Å². The lowest BCUT2D eigenvalue weighted by Gasteiger charge is -2.40. The Morgan fingerprint density at radius 2 is 0.955 bits per heavy atom. The van der Waals surface area contributed by atoms with Crippen LogP contribution in [0.5, 0.6) is 0 Å². The van der Waals surface area contributed by atoms with Crippen LogP contribution >= 0.6 is 0 Å². The molecule has 1 rings (SSSR count). The second-order valence-electron chi connectivity index (χ2n) is 18.3. The predicted molar refractivity (Wildman–Crippen MR) is 276 cm³/mol. The minimum atomic E-state index is -1.57. The summed E-state index contributed by atoms with van der Waals surface area (Å²) in [7, 11) is 0. The van der Waals surface area contributed by atoms with Crippen LogP contribution in [-0.4, -0.2) is 87.5 Å². The zero-order valence-corrected chi connectivity index (χ0v) is 41.9. The highest BCUT2D eigenvalue weighted by atomic mass is 16.7. The number of aliphatic hydroxyl groups excluding tert-OH is 5. The third-order valence-electron chi connectivity index (χ3n) is 12.2. The van der Waals surface area contributed by atoms with Crippen LogP contribution in [-0.2, 0) is 14.3 Å². The summed E-state index contributed by atoms with van der Waals surface area (Å²) in [5.74, 6) is -0.192. The molecule has 0 aromatic carbocycles. The van der Waals surface area contributed by atoms with Gasteiger partial charge >= 0.3 is 0 Å². The molecule has 1 fully saturated rings.